The first-order chi connectivity index (χ1) is 9.16. The van der Waals surface area contributed by atoms with Crippen molar-refractivity contribution >= 4 is 28.5 Å². The number of hydrogen-bond acceptors (Lipinski definition) is 3. The van der Waals surface area contributed by atoms with Crippen LogP contribution in [0.4, 0.5) is 0 Å². The Morgan fingerprint density at radius 3 is 3.05 bits per heavy atom. The summed E-state index contributed by atoms with van der Waals surface area (Å²) in [5.74, 6) is -0.763. The van der Waals surface area contributed by atoms with E-state index in [1.165, 1.54) is 0 Å². The molecule has 2 aromatic rings. The van der Waals surface area contributed by atoms with Crippen LogP contribution in [-0.2, 0) is 11.3 Å². The molecule has 0 saturated carbocycles. The third-order valence-electron chi connectivity index (χ3n) is 3.66. The first kappa shape index (κ1) is 12.5. The smallest absolute Gasteiger partial charge is 0.320 e. The van der Waals surface area contributed by atoms with E-state index in [9.17, 15) is 9.90 Å². The molecule has 1 fully saturated rings. The number of carboxylic acids is 1. The standard InChI is InChI=1S/C14H14ClNO3/c15-13-10(9-4-1-2-6-12(9)19-13)8-16-7-3-5-11(16)14(17)18/h1-2,4,6,11H,3,5,7-8H2,(H,17,18)/t11-/m1/s1. The number of fused-ring (bicyclic) bond motifs is 1. The predicted octanol–water partition coefficient (Wildman–Crippen LogP) is 3.14. The Morgan fingerprint density at radius 2 is 2.26 bits per heavy atom. The molecule has 1 atom stereocenters. The van der Waals surface area contributed by atoms with Crippen molar-refractivity contribution in [2.45, 2.75) is 25.4 Å². The van der Waals surface area contributed by atoms with Crippen molar-refractivity contribution in [2.75, 3.05) is 6.54 Å². The van der Waals surface area contributed by atoms with Crippen LogP contribution in [0.25, 0.3) is 11.0 Å². The van der Waals surface area contributed by atoms with Crippen LogP contribution in [-0.4, -0.2) is 28.6 Å². The molecule has 0 spiro atoms. The van der Waals surface area contributed by atoms with Crippen molar-refractivity contribution in [1.29, 1.82) is 0 Å². The van der Waals surface area contributed by atoms with E-state index in [1.54, 1.807) is 0 Å². The average molecular weight is 280 g/mol. The van der Waals surface area contributed by atoms with Crippen molar-refractivity contribution in [2.24, 2.45) is 0 Å². The van der Waals surface area contributed by atoms with Crippen LogP contribution in [0, 0.1) is 0 Å². The molecule has 1 aliphatic heterocycles. The molecule has 0 unspecified atom stereocenters. The maximum atomic E-state index is 11.2. The van der Waals surface area contributed by atoms with Crippen LogP contribution >= 0.6 is 11.6 Å². The second-order valence-electron chi connectivity index (χ2n) is 4.82. The minimum absolute atomic E-state index is 0.359. The molecule has 3 rings (SSSR count). The summed E-state index contributed by atoms with van der Waals surface area (Å²) in [4.78, 5) is 13.1. The van der Waals surface area contributed by atoms with E-state index in [-0.39, 0.29) is 0 Å². The van der Waals surface area contributed by atoms with Crippen LogP contribution in [0.2, 0.25) is 5.22 Å². The van der Waals surface area contributed by atoms with E-state index >= 15 is 0 Å². The Labute approximate surface area is 115 Å². The average Bonchev–Trinajstić information content (AvgIpc) is 2.96. The second kappa shape index (κ2) is 4.87. The third kappa shape index (κ3) is 2.22. The molecule has 0 aliphatic carbocycles. The molecule has 100 valence electrons. The maximum absolute atomic E-state index is 11.2. The van der Waals surface area contributed by atoms with Gasteiger partial charge in [0.1, 0.15) is 11.6 Å². The molecule has 1 saturated heterocycles. The first-order valence-corrected chi connectivity index (χ1v) is 6.67. The van der Waals surface area contributed by atoms with Gasteiger partial charge in [0.25, 0.3) is 0 Å². The SMILES string of the molecule is O=C(O)[C@H]1CCCN1Cc1c(Cl)oc2ccccc12. The van der Waals surface area contributed by atoms with Crippen molar-refractivity contribution in [3.05, 3.63) is 35.0 Å². The quantitative estimate of drug-likeness (QED) is 0.938. The molecule has 1 aromatic heterocycles. The third-order valence-corrected chi connectivity index (χ3v) is 3.96. The number of benzene rings is 1. The molecule has 1 aromatic carbocycles. The van der Waals surface area contributed by atoms with Gasteiger partial charge in [0.15, 0.2) is 5.22 Å². The van der Waals surface area contributed by atoms with Crippen molar-refractivity contribution in [3.8, 4) is 0 Å². The number of halogens is 1. The summed E-state index contributed by atoms with van der Waals surface area (Å²) in [6.45, 7) is 1.31. The van der Waals surface area contributed by atoms with Gasteiger partial charge in [0.2, 0.25) is 0 Å². The van der Waals surface area contributed by atoms with Crippen LogP contribution in [0.5, 0.6) is 0 Å². The number of carbonyl (C=O) groups is 1. The van der Waals surface area contributed by atoms with E-state index in [1.807, 2.05) is 29.2 Å². The Balaban J connectivity index is 1.93. The van der Waals surface area contributed by atoms with Gasteiger partial charge in [-0.15, -0.1) is 0 Å². The van der Waals surface area contributed by atoms with Crippen LogP contribution in [0.15, 0.2) is 28.7 Å². The highest BCUT2D eigenvalue weighted by Crippen LogP contribution is 2.32. The van der Waals surface area contributed by atoms with E-state index in [2.05, 4.69) is 0 Å². The van der Waals surface area contributed by atoms with Gasteiger partial charge in [-0.25, -0.2) is 0 Å². The lowest BCUT2D eigenvalue weighted by molar-refractivity contribution is -0.142. The van der Waals surface area contributed by atoms with Crippen molar-refractivity contribution in [1.82, 2.24) is 4.90 Å². The second-order valence-corrected chi connectivity index (χ2v) is 5.16. The zero-order valence-corrected chi connectivity index (χ0v) is 11.1. The lowest BCUT2D eigenvalue weighted by Gasteiger charge is -2.20. The molecule has 4 nitrogen and oxygen atoms in total. The minimum Gasteiger partial charge on any atom is -0.480 e. The Bertz CT molecular complexity index is 622. The van der Waals surface area contributed by atoms with Crippen molar-refractivity contribution in [3.63, 3.8) is 0 Å². The van der Waals surface area contributed by atoms with Gasteiger partial charge in [0, 0.05) is 17.5 Å². The molecular formula is C14H14ClNO3. The highest BCUT2D eigenvalue weighted by molar-refractivity contribution is 6.30. The van der Waals surface area contributed by atoms with Gasteiger partial charge in [-0.1, -0.05) is 18.2 Å². The number of hydrogen-bond donors (Lipinski definition) is 1. The first-order valence-electron chi connectivity index (χ1n) is 6.29. The molecule has 0 amide bonds. The highest BCUT2D eigenvalue weighted by atomic mass is 35.5. The predicted molar refractivity (Wildman–Crippen MR) is 72.3 cm³/mol. The molecule has 19 heavy (non-hydrogen) atoms. The molecular weight excluding hydrogens is 266 g/mol. The largest absolute Gasteiger partial charge is 0.480 e. The van der Waals surface area contributed by atoms with Gasteiger partial charge in [0.05, 0.1) is 0 Å². The van der Waals surface area contributed by atoms with Gasteiger partial charge in [-0.3, -0.25) is 9.69 Å². The lowest BCUT2D eigenvalue weighted by atomic mass is 10.1. The van der Waals surface area contributed by atoms with Crippen LogP contribution in [0.1, 0.15) is 18.4 Å². The van der Waals surface area contributed by atoms with Gasteiger partial charge < -0.3 is 9.52 Å². The minimum atomic E-state index is -0.763. The highest BCUT2D eigenvalue weighted by Gasteiger charge is 2.31. The summed E-state index contributed by atoms with van der Waals surface area (Å²) in [5, 5.41) is 10.5. The fourth-order valence-electron chi connectivity index (χ4n) is 2.71. The topological polar surface area (TPSA) is 53.7 Å². The Morgan fingerprint density at radius 1 is 1.47 bits per heavy atom. The fourth-order valence-corrected chi connectivity index (χ4v) is 2.96. The lowest BCUT2D eigenvalue weighted by Crippen LogP contribution is -2.35. The van der Waals surface area contributed by atoms with Crippen LogP contribution < -0.4 is 0 Å². The zero-order chi connectivity index (χ0) is 13.4. The molecule has 2 heterocycles. The fraction of sp³-hybridized carbons (Fsp3) is 0.357. The summed E-state index contributed by atoms with van der Waals surface area (Å²) >= 11 is 6.13. The molecule has 0 radical (unpaired) electrons. The summed E-state index contributed by atoms with van der Waals surface area (Å²) in [6, 6.07) is 7.22. The Kier molecular flexibility index (Phi) is 3.21. The molecule has 5 heteroatoms. The van der Waals surface area contributed by atoms with Gasteiger partial charge in [-0.2, -0.15) is 0 Å². The number of rotatable bonds is 3. The summed E-state index contributed by atoms with van der Waals surface area (Å²) in [7, 11) is 0. The van der Waals surface area contributed by atoms with E-state index in [0.717, 1.165) is 29.5 Å². The summed E-state index contributed by atoms with van der Waals surface area (Å²) in [6.07, 6.45) is 1.60. The number of aliphatic carboxylic acids is 1. The van der Waals surface area contributed by atoms with Crippen molar-refractivity contribution < 1.29 is 14.3 Å². The van der Waals surface area contributed by atoms with Gasteiger partial charge >= 0.3 is 5.97 Å². The molecule has 1 aliphatic rings. The van der Waals surface area contributed by atoms with Gasteiger partial charge in [-0.05, 0) is 37.1 Å². The monoisotopic (exact) mass is 279 g/mol. The number of para-hydroxylation sites is 1. The van der Waals surface area contributed by atoms with Crippen LogP contribution in [0.3, 0.4) is 0 Å². The Hall–Kier alpha value is -1.52. The molecule has 1 N–H and O–H groups in total. The summed E-state index contributed by atoms with van der Waals surface area (Å²) < 4.78 is 5.50. The number of likely N-dealkylation sites (tertiary alicyclic amines) is 1. The summed E-state index contributed by atoms with van der Waals surface area (Å²) in [5.41, 5.74) is 1.62. The van der Waals surface area contributed by atoms with E-state index < -0.39 is 12.0 Å². The molecule has 0 bridgehead atoms. The number of carboxylic acid groups (broad SMARTS) is 1. The van der Waals surface area contributed by atoms with E-state index in [0.29, 0.717) is 18.2 Å². The maximum Gasteiger partial charge on any atom is 0.320 e. The zero-order valence-electron chi connectivity index (χ0n) is 10.3. The van der Waals surface area contributed by atoms with E-state index in [4.69, 9.17) is 16.0 Å². The normalized spacial score (nSPS) is 20.2. The number of furan rings is 1. The number of nitrogens with zero attached hydrogens (tertiary/aromatic N) is 1.